The molecule has 2 aromatic rings. The minimum Gasteiger partial charge on any atom is -0.343 e. The summed E-state index contributed by atoms with van der Waals surface area (Å²) in [7, 11) is 3.94. The van der Waals surface area contributed by atoms with E-state index in [1.807, 2.05) is 44.1 Å². The van der Waals surface area contributed by atoms with E-state index in [0.29, 0.717) is 5.69 Å². The molecule has 5 nitrogen and oxygen atoms in total. The van der Waals surface area contributed by atoms with E-state index in [4.69, 9.17) is 0 Å². The molecule has 0 unspecified atom stereocenters. The summed E-state index contributed by atoms with van der Waals surface area (Å²) >= 11 is 0. The lowest BCUT2D eigenvalue weighted by Crippen LogP contribution is -2.33. The molecular weight excluding hydrogens is 321 g/mol. The van der Waals surface area contributed by atoms with Gasteiger partial charge in [-0.3, -0.25) is 9.59 Å². The molecule has 2 amide bonds. The second kappa shape index (κ2) is 8.39. The number of amides is 2. The van der Waals surface area contributed by atoms with Gasteiger partial charge in [0.1, 0.15) is 5.82 Å². The summed E-state index contributed by atoms with van der Waals surface area (Å²) < 4.78 is 13.1. The Hall–Kier alpha value is -2.73. The molecule has 2 N–H and O–H groups in total. The molecule has 2 rings (SSSR count). The maximum absolute atomic E-state index is 13.1. The Bertz CT molecular complexity index is 775. The summed E-state index contributed by atoms with van der Waals surface area (Å²) in [6.07, 6.45) is 0. The van der Waals surface area contributed by atoms with Crippen molar-refractivity contribution in [3.05, 3.63) is 65.0 Å². The number of aryl methyl sites for hydroxylation is 1. The lowest BCUT2D eigenvalue weighted by atomic mass is 10.1. The van der Waals surface area contributed by atoms with E-state index < -0.39 is 11.7 Å². The van der Waals surface area contributed by atoms with E-state index in [9.17, 15) is 14.0 Å². The number of carbonyl (C=O) groups is 2. The Morgan fingerprint density at radius 3 is 2.56 bits per heavy atom. The van der Waals surface area contributed by atoms with Gasteiger partial charge >= 0.3 is 0 Å². The SMILES string of the molecule is Cc1ccc(CN(C)C)cc1NC(=O)CNC(=O)c1cccc(F)c1. The van der Waals surface area contributed by atoms with Crippen molar-refractivity contribution in [1.29, 1.82) is 0 Å². The van der Waals surface area contributed by atoms with E-state index >= 15 is 0 Å². The number of nitrogens with zero attached hydrogens (tertiary/aromatic N) is 1. The molecule has 0 atom stereocenters. The van der Waals surface area contributed by atoms with Gasteiger partial charge in [-0.25, -0.2) is 4.39 Å². The summed E-state index contributed by atoms with van der Waals surface area (Å²) in [5.74, 6) is -1.33. The Morgan fingerprint density at radius 2 is 1.88 bits per heavy atom. The molecule has 2 aromatic carbocycles. The van der Waals surface area contributed by atoms with Crippen LogP contribution in [0.4, 0.5) is 10.1 Å². The number of carbonyl (C=O) groups excluding carboxylic acids is 2. The summed E-state index contributed by atoms with van der Waals surface area (Å²) in [4.78, 5) is 26.1. The molecule has 0 heterocycles. The highest BCUT2D eigenvalue weighted by atomic mass is 19.1. The first-order chi connectivity index (χ1) is 11.8. The van der Waals surface area contributed by atoms with Crippen molar-refractivity contribution in [3.8, 4) is 0 Å². The van der Waals surface area contributed by atoms with E-state index in [1.165, 1.54) is 18.2 Å². The monoisotopic (exact) mass is 343 g/mol. The zero-order chi connectivity index (χ0) is 18.4. The number of benzene rings is 2. The molecule has 25 heavy (non-hydrogen) atoms. The average Bonchev–Trinajstić information content (AvgIpc) is 2.55. The maximum Gasteiger partial charge on any atom is 0.251 e. The first kappa shape index (κ1) is 18.6. The third-order valence-electron chi connectivity index (χ3n) is 3.57. The second-order valence-electron chi connectivity index (χ2n) is 6.13. The second-order valence-corrected chi connectivity index (χ2v) is 6.13. The molecule has 0 aromatic heterocycles. The van der Waals surface area contributed by atoms with Crippen molar-refractivity contribution in [3.63, 3.8) is 0 Å². The van der Waals surface area contributed by atoms with Crippen molar-refractivity contribution in [2.24, 2.45) is 0 Å². The Kier molecular flexibility index (Phi) is 6.25. The summed E-state index contributed by atoms with van der Waals surface area (Å²) in [5, 5.41) is 5.28. The van der Waals surface area contributed by atoms with E-state index in [0.717, 1.165) is 23.7 Å². The number of halogens is 1. The summed E-state index contributed by atoms with van der Waals surface area (Å²) in [6, 6.07) is 11.2. The number of anilines is 1. The molecule has 0 fully saturated rings. The van der Waals surface area contributed by atoms with Crippen molar-refractivity contribution in [1.82, 2.24) is 10.2 Å². The predicted molar refractivity (Wildman–Crippen MR) is 95.9 cm³/mol. The van der Waals surface area contributed by atoms with Crippen LogP contribution in [-0.2, 0) is 11.3 Å². The van der Waals surface area contributed by atoms with Crippen molar-refractivity contribution >= 4 is 17.5 Å². The summed E-state index contributed by atoms with van der Waals surface area (Å²) in [5.41, 5.74) is 2.91. The van der Waals surface area contributed by atoms with E-state index in [1.54, 1.807) is 0 Å². The van der Waals surface area contributed by atoms with Crippen LogP contribution in [0.1, 0.15) is 21.5 Å². The quantitative estimate of drug-likeness (QED) is 0.847. The highest BCUT2D eigenvalue weighted by Gasteiger charge is 2.10. The van der Waals surface area contributed by atoms with Gasteiger partial charge in [-0.1, -0.05) is 18.2 Å². The Morgan fingerprint density at radius 1 is 1.12 bits per heavy atom. The smallest absolute Gasteiger partial charge is 0.251 e. The third-order valence-corrected chi connectivity index (χ3v) is 3.57. The highest BCUT2D eigenvalue weighted by molar-refractivity contribution is 5.99. The van der Waals surface area contributed by atoms with Gasteiger partial charge in [-0.05, 0) is 56.4 Å². The minimum atomic E-state index is -0.495. The fraction of sp³-hybridized carbons (Fsp3) is 0.263. The van der Waals surface area contributed by atoms with Gasteiger partial charge in [-0.2, -0.15) is 0 Å². The van der Waals surface area contributed by atoms with Gasteiger partial charge in [-0.15, -0.1) is 0 Å². The summed E-state index contributed by atoms with van der Waals surface area (Å²) in [6.45, 7) is 2.48. The Balaban J connectivity index is 1.95. The fourth-order valence-corrected chi connectivity index (χ4v) is 2.35. The maximum atomic E-state index is 13.1. The molecule has 0 saturated heterocycles. The molecule has 0 aliphatic rings. The minimum absolute atomic E-state index is 0.178. The zero-order valence-corrected chi connectivity index (χ0v) is 14.6. The van der Waals surface area contributed by atoms with Crippen LogP contribution in [0.2, 0.25) is 0 Å². The number of nitrogens with one attached hydrogen (secondary N) is 2. The van der Waals surface area contributed by atoms with E-state index in [-0.39, 0.29) is 18.0 Å². The van der Waals surface area contributed by atoms with Crippen molar-refractivity contribution in [2.45, 2.75) is 13.5 Å². The average molecular weight is 343 g/mol. The van der Waals surface area contributed by atoms with Crippen LogP contribution in [-0.4, -0.2) is 37.4 Å². The van der Waals surface area contributed by atoms with Gasteiger partial charge in [0, 0.05) is 17.8 Å². The lowest BCUT2D eigenvalue weighted by molar-refractivity contribution is -0.115. The van der Waals surface area contributed by atoms with Crippen LogP contribution >= 0.6 is 0 Å². The molecule has 0 bridgehead atoms. The lowest BCUT2D eigenvalue weighted by Gasteiger charge is -2.14. The van der Waals surface area contributed by atoms with Crippen LogP contribution in [0.25, 0.3) is 0 Å². The molecule has 132 valence electrons. The molecule has 0 spiro atoms. The van der Waals surface area contributed by atoms with Crippen LogP contribution in [0.3, 0.4) is 0 Å². The predicted octanol–water partition coefficient (Wildman–Crippen LogP) is 2.56. The van der Waals surface area contributed by atoms with Crippen molar-refractivity contribution in [2.75, 3.05) is 26.0 Å². The number of rotatable bonds is 6. The van der Waals surface area contributed by atoms with Crippen molar-refractivity contribution < 1.29 is 14.0 Å². The molecule has 0 aliphatic carbocycles. The number of hydrogen-bond acceptors (Lipinski definition) is 3. The standard InChI is InChI=1S/C19H22FN3O2/c1-13-7-8-14(12-23(2)3)9-17(13)22-18(24)11-21-19(25)15-5-4-6-16(20)10-15/h4-10H,11-12H2,1-3H3,(H,21,25)(H,22,24). The van der Waals surface area contributed by atoms with Gasteiger partial charge in [0.2, 0.25) is 5.91 Å². The van der Waals surface area contributed by atoms with Crippen LogP contribution in [0.5, 0.6) is 0 Å². The zero-order valence-electron chi connectivity index (χ0n) is 14.6. The number of hydrogen-bond donors (Lipinski definition) is 2. The van der Waals surface area contributed by atoms with Gasteiger partial charge < -0.3 is 15.5 Å². The normalized spacial score (nSPS) is 10.6. The highest BCUT2D eigenvalue weighted by Crippen LogP contribution is 2.17. The topological polar surface area (TPSA) is 61.4 Å². The molecular formula is C19H22FN3O2. The molecule has 6 heteroatoms. The first-order valence-electron chi connectivity index (χ1n) is 7.93. The van der Waals surface area contributed by atoms with Crippen LogP contribution in [0.15, 0.2) is 42.5 Å². The van der Waals surface area contributed by atoms with Crippen LogP contribution < -0.4 is 10.6 Å². The largest absolute Gasteiger partial charge is 0.343 e. The van der Waals surface area contributed by atoms with Gasteiger partial charge in [0.05, 0.1) is 6.54 Å². The molecule has 0 aliphatic heterocycles. The molecule has 0 saturated carbocycles. The molecule has 0 radical (unpaired) electrons. The van der Waals surface area contributed by atoms with Gasteiger partial charge in [0.15, 0.2) is 0 Å². The Labute approximate surface area is 146 Å². The third kappa shape index (κ3) is 5.69. The fourth-order valence-electron chi connectivity index (χ4n) is 2.35. The van der Waals surface area contributed by atoms with Crippen LogP contribution in [0, 0.1) is 12.7 Å². The van der Waals surface area contributed by atoms with Gasteiger partial charge in [0.25, 0.3) is 5.91 Å². The van der Waals surface area contributed by atoms with E-state index in [2.05, 4.69) is 10.6 Å². The first-order valence-corrected chi connectivity index (χ1v) is 7.93.